The maximum absolute atomic E-state index is 12.3. The van der Waals surface area contributed by atoms with Gasteiger partial charge in [0.15, 0.2) is 0 Å². The Morgan fingerprint density at radius 2 is 2.00 bits per heavy atom. The number of carboxylic acids is 1. The third-order valence-corrected chi connectivity index (χ3v) is 3.66. The van der Waals surface area contributed by atoms with Crippen molar-refractivity contribution >= 4 is 27.8 Å². The van der Waals surface area contributed by atoms with Crippen LogP contribution in [-0.2, 0) is 0 Å². The first-order valence-electron chi connectivity index (χ1n) is 5.84. The molecule has 1 aromatic carbocycles. The van der Waals surface area contributed by atoms with Crippen LogP contribution in [0.3, 0.4) is 0 Å². The first-order valence-corrected chi connectivity index (χ1v) is 6.63. The molecule has 96 valence electrons. The number of carboxylic acid groups (broad SMARTS) is 1. The van der Waals surface area contributed by atoms with Crippen molar-refractivity contribution in [2.24, 2.45) is 0 Å². The lowest BCUT2D eigenvalue weighted by molar-refractivity contribution is 0.0697. The highest BCUT2D eigenvalue weighted by atomic mass is 79.9. The number of rotatable bonds is 2. The van der Waals surface area contributed by atoms with Gasteiger partial charge in [0, 0.05) is 22.6 Å². The molecule has 1 atom stereocenters. The topological polar surface area (TPSA) is 57.6 Å². The summed E-state index contributed by atoms with van der Waals surface area (Å²) in [5, 5.41) is 8.99. The number of likely N-dealkylation sites (tertiary alicyclic amines) is 1. The van der Waals surface area contributed by atoms with Gasteiger partial charge in [0.1, 0.15) is 0 Å². The molecule has 0 saturated carbocycles. The Morgan fingerprint density at radius 1 is 1.33 bits per heavy atom. The maximum Gasteiger partial charge on any atom is 0.335 e. The molecular formula is C13H14BrNO3. The number of benzene rings is 1. The molecule has 18 heavy (non-hydrogen) atoms. The summed E-state index contributed by atoms with van der Waals surface area (Å²) in [5.74, 6) is -1.12. The van der Waals surface area contributed by atoms with Gasteiger partial charge in [0.2, 0.25) is 0 Å². The number of nitrogens with zero attached hydrogens (tertiary/aromatic N) is 1. The molecule has 1 fully saturated rings. The molecule has 0 aliphatic carbocycles. The van der Waals surface area contributed by atoms with E-state index in [9.17, 15) is 9.59 Å². The van der Waals surface area contributed by atoms with Crippen molar-refractivity contribution in [1.29, 1.82) is 0 Å². The number of hydrogen-bond acceptors (Lipinski definition) is 2. The van der Waals surface area contributed by atoms with Crippen LogP contribution in [0.5, 0.6) is 0 Å². The summed E-state index contributed by atoms with van der Waals surface area (Å²) in [5.41, 5.74) is 0.551. The van der Waals surface area contributed by atoms with E-state index in [1.807, 2.05) is 6.92 Å². The van der Waals surface area contributed by atoms with Crippen molar-refractivity contribution in [1.82, 2.24) is 4.90 Å². The van der Waals surface area contributed by atoms with Gasteiger partial charge in [-0.15, -0.1) is 0 Å². The molecule has 2 rings (SSSR count). The molecule has 0 radical (unpaired) electrons. The average Bonchev–Trinajstić information content (AvgIpc) is 2.73. The second kappa shape index (κ2) is 5.10. The molecule has 1 saturated heterocycles. The van der Waals surface area contributed by atoms with Gasteiger partial charge in [0.05, 0.1) is 5.56 Å². The van der Waals surface area contributed by atoms with Crippen LogP contribution in [0.15, 0.2) is 22.7 Å². The van der Waals surface area contributed by atoms with Gasteiger partial charge in [-0.2, -0.15) is 0 Å². The molecule has 0 spiro atoms. The summed E-state index contributed by atoms with van der Waals surface area (Å²) in [6, 6.07) is 4.82. The van der Waals surface area contributed by atoms with E-state index in [0.717, 1.165) is 19.4 Å². The third-order valence-electron chi connectivity index (χ3n) is 3.21. The zero-order valence-electron chi connectivity index (χ0n) is 10.0. The van der Waals surface area contributed by atoms with Crippen molar-refractivity contribution in [3.63, 3.8) is 0 Å². The van der Waals surface area contributed by atoms with Gasteiger partial charge in [-0.25, -0.2) is 4.79 Å². The van der Waals surface area contributed by atoms with Crippen LogP contribution < -0.4 is 0 Å². The zero-order valence-corrected chi connectivity index (χ0v) is 11.6. The number of amides is 1. The number of aromatic carboxylic acids is 1. The van der Waals surface area contributed by atoms with Crippen LogP contribution in [0.4, 0.5) is 0 Å². The highest BCUT2D eigenvalue weighted by Crippen LogP contribution is 2.22. The summed E-state index contributed by atoms with van der Waals surface area (Å²) < 4.78 is 0.609. The minimum absolute atomic E-state index is 0.0937. The Labute approximate surface area is 114 Å². The van der Waals surface area contributed by atoms with Gasteiger partial charge in [-0.3, -0.25) is 4.79 Å². The fourth-order valence-corrected chi connectivity index (χ4v) is 2.73. The van der Waals surface area contributed by atoms with Gasteiger partial charge >= 0.3 is 5.97 Å². The van der Waals surface area contributed by atoms with Gasteiger partial charge in [-0.1, -0.05) is 15.9 Å². The molecule has 1 heterocycles. The Hall–Kier alpha value is -1.36. The Bertz CT molecular complexity index is 501. The molecule has 0 aromatic heterocycles. The van der Waals surface area contributed by atoms with Crippen LogP contribution in [0, 0.1) is 0 Å². The lowest BCUT2D eigenvalue weighted by Crippen LogP contribution is -2.33. The molecule has 1 amide bonds. The lowest BCUT2D eigenvalue weighted by Gasteiger charge is -2.21. The molecule has 0 unspecified atom stereocenters. The van der Waals surface area contributed by atoms with Gasteiger partial charge in [-0.05, 0) is 38.0 Å². The minimum Gasteiger partial charge on any atom is -0.478 e. The maximum atomic E-state index is 12.3. The quantitative estimate of drug-likeness (QED) is 0.913. The smallest absolute Gasteiger partial charge is 0.335 e. The molecule has 1 N–H and O–H groups in total. The SMILES string of the molecule is C[C@H]1CCCN1C(=O)c1cc(Br)cc(C(=O)O)c1. The van der Waals surface area contributed by atoms with Crippen LogP contribution in [0.1, 0.15) is 40.5 Å². The zero-order chi connectivity index (χ0) is 13.3. The molecule has 0 bridgehead atoms. The van der Waals surface area contributed by atoms with Crippen molar-refractivity contribution in [2.75, 3.05) is 6.54 Å². The van der Waals surface area contributed by atoms with E-state index < -0.39 is 5.97 Å². The number of carbonyl (C=O) groups excluding carboxylic acids is 1. The Balaban J connectivity index is 2.32. The second-order valence-electron chi connectivity index (χ2n) is 4.52. The summed E-state index contributed by atoms with van der Waals surface area (Å²) >= 11 is 3.24. The summed E-state index contributed by atoms with van der Waals surface area (Å²) in [6.45, 7) is 2.76. The minimum atomic E-state index is -1.03. The molecule has 1 aliphatic rings. The monoisotopic (exact) mass is 311 g/mol. The molecule has 1 aromatic rings. The lowest BCUT2D eigenvalue weighted by atomic mass is 10.1. The van der Waals surface area contributed by atoms with Crippen LogP contribution in [0.2, 0.25) is 0 Å². The molecule has 1 aliphatic heterocycles. The summed E-state index contributed by atoms with van der Waals surface area (Å²) in [7, 11) is 0. The normalized spacial score (nSPS) is 19.0. The van der Waals surface area contributed by atoms with E-state index >= 15 is 0 Å². The Morgan fingerprint density at radius 3 is 2.56 bits per heavy atom. The standard InChI is InChI=1S/C13H14BrNO3/c1-8-3-2-4-15(8)12(16)9-5-10(13(17)18)7-11(14)6-9/h5-8H,2-4H2,1H3,(H,17,18)/t8-/m0/s1. The summed E-state index contributed by atoms with van der Waals surface area (Å²) in [6.07, 6.45) is 2.01. The average molecular weight is 312 g/mol. The van der Waals surface area contributed by atoms with E-state index in [4.69, 9.17) is 5.11 Å². The number of carbonyl (C=O) groups is 2. The number of halogens is 1. The van der Waals surface area contributed by atoms with Crippen molar-refractivity contribution in [3.8, 4) is 0 Å². The third kappa shape index (κ3) is 2.56. The first kappa shape index (κ1) is 13.1. The van der Waals surface area contributed by atoms with Crippen molar-refractivity contribution in [2.45, 2.75) is 25.8 Å². The van der Waals surface area contributed by atoms with Crippen LogP contribution in [-0.4, -0.2) is 34.5 Å². The predicted molar refractivity (Wildman–Crippen MR) is 70.8 cm³/mol. The van der Waals surface area contributed by atoms with Crippen LogP contribution >= 0.6 is 15.9 Å². The Kier molecular flexibility index (Phi) is 3.71. The van der Waals surface area contributed by atoms with Gasteiger partial charge < -0.3 is 10.0 Å². The van der Waals surface area contributed by atoms with Gasteiger partial charge in [0.25, 0.3) is 5.91 Å². The van der Waals surface area contributed by atoms with Crippen molar-refractivity contribution in [3.05, 3.63) is 33.8 Å². The molecule has 5 heteroatoms. The first-order chi connectivity index (χ1) is 8.49. The highest BCUT2D eigenvalue weighted by molar-refractivity contribution is 9.10. The largest absolute Gasteiger partial charge is 0.478 e. The van der Waals surface area contributed by atoms with Crippen LogP contribution in [0.25, 0.3) is 0 Å². The van der Waals surface area contributed by atoms with E-state index in [0.29, 0.717) is 10.0 Å². The molecular weight excluding hydrogens is 298 g/mol. The molecule has 4 nitrogen and oxygen atoms in total. The number of hydrogen-bond donors (Lipinski definition) is 1. The van der Waals surface area contributed by atoms with E-state index in [1.54, 1.807) is 11.0 Å². The fourth-order valence-electron chi connectivity index (χ4n) is 2.24. The van der Waals surface area contributed by atoms with E-state index in [-0.39, 0.29) is 17.5 Å². The predicted octanol–water partition coefficient (Wildman–Crippen LogP) is 2.77. The van der Waals surface area contributed by atoms with E-state index in [2.05, 4.69) is 15.9 Å². The fraction of sp³-hybridized carbons (Fsp3) is 0.385. The van der Waals surface area contributed by atoms with E-state index in [1.165, 1.54) is 12.1 Å². The van der Waals surface area contributed by atoms with Crippen molar-refractivity contribution < 1.29 is 14.7 Å². The highest BCUT2D eigenvalue weighted by Gasteiger charge is 2.26. The summed E-state index contributed by atoms with van der Waals surface area (Å²) in [4.78, 5) is 25.1. The second-order valence-corrected chi connectivity index (χ2v) is 5.44.